The van der Waals surface area contributed by atoms with Gasteiger partial charge in [0.25, 0.3) is 0 Å². The first-order chi connectivity index (χ1) is 3.21. The molecule has 1 aliphatic rings. The molecule has 1 saturated heterocycles. The molecule has 2 heteroatoms. The van der Waals surface area contributed by atoms with Crippen LogP contribution in [0.15, 0.2) is 0 Å². The second kappa shape index (κ2) is 1.72. The van der Waals surface area contributed by atoms with E-state index in [4.69, 9.17) is 0 Å². The molecule has 1 heterocycles. The average molecular weight is 119 g/mol. The molecule has 0 aromatic rings. The predicted octanol–water partition coefficient (Wildman–Crippen LogP) is 1.33. The molecular weight excluding hydrogens is 107 g/mol. The van der Waals surface area contributed by atoms with Crippen LogP contribution in [0.1, 0.15) is 12.8 Å². The zero-order chi connectivity index (χ0) is 5.33. The molecule has 1 aliphatic heterocycles. The van der Waals surface area contributed by atoms with Crippen LogP contribution in [-0.2, 0) is 0 Å². The van der Waals surface area contributed by atoms with Gasteiger partial charge >= 0.3 is 0 Å². The Kier molecular flexibility index (Phi) is 1.36. The summed E-state index contributed by atoms with van der Waals surface area (Å²) in [7, 11) is -1.29. The summed E-state index contributed by atoms with van der Waals surface area (Å²) < 4.78 is 0. The average Bonchev–Trinajstić information content (AvgIpc) is 1.84. The molecule has 1 fully saturated rings. The Morgan fingerprint density at radius 2 is 1.71 bits per heavy atom. The molecular formula is C5H12OP. The third-order valence-corrected chi connectivity index (χ3v) is 4.09. The molecule has 1 rings (SSSR count). The van der Waals surface area contributed by atoms with Gasteiger partial charge in [0.05, 0.1) is 0 Å². The summed E-state index contributed by atoms with van der Waals surface area (Å²) in [5, 5.41) is 0. The predicted molar refractivity (Wildman–Crippen MR) is 34.0 cm³/mol. The Morgan fingerprint density at radius 3 is 1.86 bits per heavy atom. The van der Waals surface area contributed by atoms with E-state index in [0.29, 0.717) is 0 Å². The molecule has 0 aromatic heterocycles. The van der Waals surface area contributed by atoms with Crippen molar-refractivity contribution in [3.63, 3.8) is 0 Å². The topological polar surface area (TPSA) is 20.2 Å². The number of rotatable bonds is 0. The highest BCUT2D eigenvalue weighted by Gasteiger charge is 2.21. The van der Waals surface area contributed by atoms with E-state index in [1.165, 1.54) is 12.8 Å². The summed E-state index contributed by atoms with van der Waals surface area (Å²) >= 11 is 0. The number of hydrogen-bond donors (Lipinski definition) is 1. The lowest BCUT2D eigenvalue weighted by molar-refractivity contribution is 0.613. The van der Waals surface area contributed by atoms with Gasteiger partial charge in [0, 0.05) is 0 Å². The van der Waals surface area contributed by atoms with Gasteiger partial charge in [0.15, 0.2) is 0 Å². The van der Waals surface area contributed by atoms with Crippen molar-refractivity contribution in [1.82, 2.24) is 0 Å². The Labute approximate surface area is 45.2 Å². The van der Waals surface area contributed by atoms with Gasteiger partial charge in [0.1, 0.15) is 0 Å². The fourth-order valence-electron chi connectivity index (χ4n) is 1.02. The first-order valence-corrected chi connectivity index (χ1v) is 5.34. The van der Waals surface area contributed by atoms with Gasteiger partial charge in [-0.3, -0.25) is 0 Å². The van der Waals surface area contributed by atoms with E-state index in [0.717, 1.165) is 12.3 Å². The first kappa shape index (κ1) is 5.53. The van der Waals surface area contributed by atoms with Crippen molar-refractivity contribution in [3.8, 4) is 0 Å². The Hall–Kier alpha value is 0.390. The van der Waals surface area contributed by atoms with Gasteiger partial charge in [-0.1, -0.05) is 0 Å². The van der Waals surface area contributed by atoms with Crippen LogP contribution in [0.25, 0.3) is 0 Å². The summed E-state index contributed by atoms with van der Waals surface area (Å²) in [5.74, 6) is 0. The van der Waals surface area contributed by atoms with Crippen molar-refractivity contribution in [2.45, 2.75) is 12.8 Å². The summed E-state index contributed by atoms with van der Waals surface area (Å²) in [6.45, 7) is 2.03. The SMILES string of the molecule is C[P]1(O)CCCC1. The van der Waals surface area contributed by atoms with Gasteiger partial charge in [0.2, 0.25) is 0 Å². The maximum absolute atomic E-state index is 9.31. The second-order valence-corrected chi connectivity index (χ2v) is 6.07. The summed E-state index contributed by atoms with van der Waals surface area (Å²) in [5.41, 5.74) is 0. The molecule has 0 saturated carbocycles. The molecule has 0 spiro atoms. The van der Waals surface area contributed by atoms with Crippen LogP contribution in [0.5, 0.6) is 0 Å². The van der Waals surface area contributed by atoms with Crippen molar-refractivity contribution in [3.05, 3.63) is 0 Å². The molecule has 0 bridgehead atoms. The lowest BCUT2D eigenvalue weighted by Gasteiger charge is -2.15. The van der Waals surface area contributed by atoms with E-state index in [1.54, 1.807) is 0 Å². The van der Waals surface area contributed by atoms with E-state index < -0.39 is 7.49 Å². The van der Waals surface area contributed by atoms with Crippen molar-refractivity contribution < 1.29 is 4.89 Å². The van der Waals surface area contributed by atoms with Crippen LogP contribution in [-0.4, -0.2) is 23.9 Å². The standard InChI is InChI=1S/C5H12OP/c1-7(6)4-2-3-5-7/h6H,2-5H2,1H3. The van der Waals surface area contributed by atoms with Gasteiger partial charge in [-0.05, 0) is 39.3 Å². The Balaban J connectivity index is 2.40. The minimum atomic E-state index is -1.29. The molecule has 0 aliphatic carbocycles. The largest absolute Gasteiger partial charge is 0.380 e. The van der Waals surface area contributed by atoms with Crippen LogP contribution in [0.2, 0.25) is 0 Å². The summed E-state index contributed by atoms with van der Waals surface area (Å²) in [6.07, 6.45) is 4.77. The zero-order valence-electron chi connectivity index (χ0n) is 4.72. The smallest absolute Gasteiger partial charge is 0.0139 e. The number of hydrogen-bond acceptors (Lipinski definition) is 1. The van der Waals surface area contributed by atoms with Crippen LogP contribution < -0.4 is 0 Å². The van der Waals surface area contributed by atoms with E-state index in [9.17, 15) is 4.89 Å². The van der Waals surface area contributed by atoms with Crippen molar-refractivity contribution >= 4 is 7.49 Å². The molecule has 0 amide bonds. The lowest BCUT2D eigenvalue weighted by atomic mass is 10.4. The highest BCUT2D eigenvalue weighted by Crippen LogP contribution is 2.56. The molecule has 0 atom stereocenters. The Morgan fingerprint density at radius 1 is 1.29 bits per heavy atom. The molecule has 43 valence electrons. The van der Waals surface area contributed by atoms with E-state index >= 15 is 0 Å². The minimum absolute atomic E-state index is 1.12. The quantitative estimate of drug-likeness (QED) is 0.477. The fourth-order valence-corrected chi connectivity index (χ4v) is 3.05. The molecule has 0 unspecified atom stereocenters. The molecule has 1 radical (unpaired) electrons. The Bertz CT molecular complexity index is 62.5. The molecule has 0 aromatic carbocycles. The summed E-state index contributed by atoms with van der Waals surface area (Å²) in [4.78, 5) is 9.31. The van der Waals surface area contributed by atoms with Gasteiger partial charge in [-0.25, -0.2) is 0 Å². The van der Waals surface area contributed by atoms with Crippen LogP contribution in [0.3, 0.4) is 0 Å². The maximum atomic E-state index is 9.31. The van der Waals surface area contributed by atoms with Crippen molar-refractivity contribution in [2.24, 2.45) is 0 Å². The highest BCUT2D eigenvalue weighted by atomic mass is 31.2. The van der Waals surface area contributed by atoms with Crippen LogP contribution in [0.4, 0.5) is 0 Å². The zero-order valence-corrected chi connectivity index (χ0v) is 5.62. The third-order valence-electron chi connectivity index (χ3n) is 1.53. The first-order valence-electron chi connectivity index (χ1n) is 2.78. The maximum Gasteiger partial charge on any atom is -0.0139 e. The van der Waals surface area contributed by atoms with Gasteiger partial charge in [-0.15, -0.1) is 0 Å². The molecule has 1 N–H and O–H groups in total. The van der Waals surface area contributed by atoms with E-state index in [2.05, 4.69) is 0 Å². The van der Waals surface area contributed by atoms with Crippen LogP contribution in [0, 0.1) is 0 Å². The van der Waals surface area contributed by atoms with Gasteiger partial charge < -0.3 is 4.89 Å². The molecule has 1 nitrogen and oxygen atoms in total. The van der Waals surface area contributed by atoms with E-state index in [-0.39, 0.29) is 0 Å². The fraction of sp³-hybridized carbons (Fsp3) is 1.00. The normalized spacial score (nSPS) is 28.3. The summed E-state index contributed by atoms with van der Waals surface area (Å²) in [6, 6.07) is 0. The minimum Gasteiger partial charge on any atom is -0.380 e. The third kappa shape index (κ3) is 1.40. The van der Waals surface area contributed by atoms with Crippen molar-refractivity contribution in [2.75, 3.05) is 19.0 Å². The lowest BCUT2D eigenvalue weighted by Crippen LogP contribution is -1.87. The second-order valence-electron chi connectivity index (χ2n) is 2.49. The monoisotopic (exact) mass is 119 g/mol. The molecule has 7 heavy (non-hydrogen) atoms. The highest BCUT2D eigenvalue weighted by molar-refractivity contribution is 7.69. The van der Waals surface area contributed by atoms with Gasteiger partial charge in [-0.2, -0.15) is 0 Å². The van der Waals surface area contributed by atoms with Crippen molar-refractivity contribution in [1.29, 1.82) is 0 Å². The van der Waals surface area contributed by atoms with Crippen LogP contribution >= 0.6 is 7.49 Å². The van der Waals surface area contributed by atoms with E-state index in [1.807, 2.05) is 6.66 Å².